The molecule has 6 rings (SSSR count). The Labute approximate surface area is 400 Å². The molecule has 3 aliphatic rings. The van der Waals surface area contributed by atoms with Gasteiger partial charge in [0.2, 0.25) is 0 Å². The van der Waals surface area contributed by atoms with Crippen LogP contribution in [0.5, 0.6) is 0 Å². The number of carbonyl (C=O) groups is 2. The Morgan fingerprint density at radius 1 is 0.844 bits per heavy atom. The van der Waals surface area contributed by atoms with E-state index in [2.05, 4.69) is 100 Å². The summed E-state index contributed by atoms with van der Waals surface area (Å²) in [6.45, 7) is 26.6. The van der Waals surface area contributed by atoms with E-state index in [1.165, 1.54) is 63.2 Å². The summed E-state index contributed by atoms with van der Waals surface area (Å²) in [4.78, 5) is 42.5. The topological polar surface area (TPSA) is 109 Å². The van der Waals surface area contributed by atoms with Crippen LogP contribution in [0.25, 0.3) is 35.2 Å². The van der Waals surface area contributed by atoms with Crippen molar-refractivity contribution in [3.8, 4) is 0 Å². The standard InChI is InChI=1S/C55H74N4O4.Mg/c1-13-40-36(8)45-29-47-38(10)42(24-25-51(60)63-27-26-35(7)23-17-22-34(6)21-16-20-33(5)19-15-18-32(3)4)53(58-47)52-44(55(61)62-12)28-43-39(11)48(59-54(43)52)31-50-41(14-2)37(9)46(57-50)30-49(40)56-45;/h13,26,29-34,38,42,44H,1,14-25,27-28H2,2-12H3;/q-4;+2/b35-26+,46-30-,47-29-,50-31-,53-52-;/t33-,34-,38+,42+,44+;/m1./s1. The summed E-state index contributed by atoms with van der Waals surface area (Å²) in [7, 11) is 1.44. The molecule has 1 aliphatic carbocycles. The van der Waals surface area contributed by atoms with Gasteiger partial charge in [0.25, 0.3) is 0 Å². The van der Waals surface area contributed by atoms with Gasteiger partial charge in [-0.05, 0) is 101 Å². The number of esters is 2. The zero-order valence-corrected chi connectivity index (χ0v) is 42.5. The molecule has 64 heavy (non-hydrogen) atoms. The molecule has 0 N–H and O–H groups in total. The van der Waals surface area contributed by atoms with Gasteiger partial charge in [-0.1, -0.05) is 156 Å². The molecule has 0 amide bonds. The summed E-state index contributed by atoms with van der Waals surface area (Å²) >= 11 is 0. The number of nitrogens with zero attached hydrogens (tertiary/aromatic N) is 4. The van der Waals surface area contributed by atoms with Gasteiger partial charge in [0.15, 0.2) is 0 Å². The van der Waals surface area contributed by atoms with E-state index in [-0.39, 0.29) is 59.9 Å². The van der Waals surface area contributed by atoms with E-state index in [0.717, 1.165) is 115 Å². The molecule has 2 aliphatic heterocycles. The van der Waals surface area contributed by atoms with E-state index in [1.807, 2.05) is 6.08 Å². The Hall–Kier alpha value is -3.95. The summed E-state index contributed by atoms with van der Waals surface area (Å²) in [5, 5.41) is 7.13. The molecular formula is C55H74MgN4O4-2. The second kappa shape index (κ2) is 23.0. The Morgan fingerprint density at radius 3 is 2.16 bits per heavy atom. The SMILES string of the molecule is C=Cc1c2[n-]c(c1C)/C=C1\[N-]/C(=C3\c4[n-]c(c(C)c4C[C@@H]3C(=O)OC)/C=c3\[n-]/c(c(C)c3CC)=C\2)[C@@H](CCC(=O)OC/C=C(\C)CCC[C@H](C)CCC[C@H](C)CCCC(C)C)[C@@H]1C.[Mg+2]. The van der Waals surface area contributed by atoms with Crippen molar-refractivity contribution in [3.05, 3.63) is 102 Å². The predicted octanol–water partition coefficient (Wildman–Crippen LogP) is 10.7. The van der Waals surface area contributed by atoms with Gasteiger partial charge in [-0.15, -0.1) is 33.5 Å². The molecule has 3 aromatic rings. The van der Waals surface area contributed by atoms with E-state index in [0.29, 0.717) is 12.8 Å². The minimum Gasteiger partial charge on any atom is -0.664 e. The van der Waals surface area contributed by atoms with Gasteiger partial charge >= 0.3 is 35.0 Å². The molecule has 0 saturated carbocycles. The number of hydrogen-bond donors (Lipinski definition) is 0. The minimum atomic E-state index is -0.549. The van der Waals surface area contributed by atoms with Crippen LogP contribution in [0.1, 0.15) is 175 Å². The Balaban J connectivity index is 0.00000771. The first-order valence-corrected chi connectivity index (χ1v) is 24.0. The zero-order valence-electron chi connectivity index (χ0n) is 41.1. The first-order chi connectivity index (χ1) is 30.1. The van der Waals surface area contributed by atoms with Crippen LogP contribution in [-0.4, -0.2) is 48.7 Å². The quantitative estimate of drug-likeness (QED) is 0.0632. The van der Waals surface area contributed by atoms with Crippen molar-refractivity contribution < 1.29 is 19.1 Å². The number of fused-ring (bicyclic) bond motifs is 7. The number of ether oxygens (including phenoxy) is 2. The van der Waals surface area contributed by atoms with E-state index in [9.17, 15) is 9.59 Å². The van der Waals surface area contributed by atoms with E-state index in [4.69, 9.17) is 29.7 Å². The average Bonchev–Trinajstić information content (AvgIpc) is 4.00. The maximum absolute atomic E-state index is 13.6. The molecule has 5 heterocycles. The van der Waals surface area contributed by atoms with Crippen molar-refractivity contribution >= 4 is 64.9 Å². The van der Waals surface area contributed by atoms with Crippen LogP contribution in [-0.2, 0) is 31.9 Å². The second-order valence-electron chi connectivity index (χ2n) is 19.5. The van der Waals surface area contributed by atoms with E-state index >= 15 is 0 Å². The van der Waals surface area contributed by atoms with Crippen LogP contribution in [0.4, 0.5) is 0 Å². The summed E-state index contributed by atoms with van der Waals surface area (Å²) in [6, 6.07) is 0. The molecule has 0 spiro atoms. The Kier molecular flexibility index (Phi) is 18.3. The molecule has 5 atom stereocenters. The van der Waals surface area contributed by atoms with Gasteiger partial charge in [-0.2, -0.15) is 11.4 Å². The minimum absolute atomic E-state index is 0. The maximum atomic E-state index is 13.6. The molecule has 1 saturated heterocycles. The predicted molar refractivity (Wildman–Crippen MR) is 264 cm³/mol. The number of hydrogen-bond acceptors (Lipinski definition) is 4. The van der Waals surface area contributed by atoms with E-state index in [1.54, 1.807) is 0 Å². The maximum Gasteiger partial charge on any atom is 2.00 e. The molecule has 1 fully saturated rings. The largest absolute Gasteiger partial charge is 2.00 e. The van der Waals surface area contributed by atoms with Crippen molar-refractivity contribution in [2.45, 2.75) is 153 Å². The van der Waals surface area contributed by atoms with Crippen molar-refractivity contribution in [1.29, 1.82) is 0 Å². The van der Waals surface area contributed by atoms with Crippen LogP contribution in [0, 0.1) is 56.3 Å². The molecule has 3 aromatic heterocycles. The number of aromatic nitrogens is 3. The molecule has 9 heteroatoms. The summed E-state index contributed by atoms with van der Waals surface area (Å²) < 4.78 is 11.2. The van der Waals surface area contributed by atoms with Gasteiger partial charge in [-0.3, -0.25) is 9.59 Å². The first-order valence-electron chi connectivity index (χ1n) is 24.0. The Morgan fingerprint density at radius 2 is 1.50 bits per heavy atom. The summed E-state index contributed by atoms with van der Waals surface area (Å²) in [6.07, 6.45) is 23.6. The molecule has 0 radical (unpaired) electrons. The third kappa shape index (κ3) is 11.7. The normalized spacial score (nSPS) is 21.8. The van der Waals surface area contributed by atoms with Crippen LogP contribution < -0.4 is 25.7 Å². The molecule has 342 valence electrons. The van der Waals surface area contributed by atoms with Crippen molar-refractivity contribution in [2.24, 2.45) is 35.5 Å². The third-order valence-electron chi connectivity index (χ3n) is 14.4. The van der Waals surface area contributed by atoms with Gasteiger partial charge < -0.3 is 29.7 Å². The second-order valence-corrected chi connectivity index (χ2v) is 19.5. The average molecular weight is 880 g/mol. The fraction of sp³-hybridized carbons (Fsp3) is 0.564. The zero-order chi connectivity index (χ0) is 45.5. The molecule has 0 aromatic carbocycles. The van der Waals surface area contributed by atoms with Gasteiger partial charge in [0.1, 0.15) is 6.61 Å². The van der Waals surface area contributed by atoms with Crippen molar-refractivity contribution in [3.63, 3.8) is 0 Å². The van der Waals surface area contributed by atoms with Gasteiger partial charge in [0.05, 0.1) is 13.0 Å². The van der Waals surface area contributed by atoms with Crippen LogP contribution in [0.2, 0.25) is 0 Å². The number of carbonyl (C=O) groups excluding carboxylic acids is 2. The Bertz CT molecular complexity index is 2370. The van der Waals surface area contributed by atoms with Crippen LogP contribution >= 0.6 is 0 Å². The van der Waals surface area contributed by atoms with Crippen LogP contribution in [0.3, 0.4) is 0 Å². The van der Waals surface area contributed by atoms with Gasteiger partial charge in [-0.25, -0.2) is 0 Å². The summed E-state index contributed by atoms with van der Waals surface area (Å²) in [5.41, 5.74) is 13.4. The van der Waals surface area contributed by atoms with E-state index < -0.39 is 5.92 Å². The molecule has 8 bridgehead atoms. The summed E-state index contributed by atoms with van der Waals surface area (Å²) in [5.74, 6) is 1.06. The first kappa shape index (κ1) is 51.0. The third-order valence-corrected chi connectivity index (χ3v) is 14.4. The molecule has 8 nitrogen and oxygen atoms in total. The number of rotatable bonds is 20. The van der Waals surface area contributed by atoms with Crippen LogP contribution in [0.15, 0.2) is 29.6 Å². The van der Waals surface area contributed by atoms with Crippen molar-refractivity contribution in [2.75, 3.05) is 13.7 Å². The van der Waals surface area contributed by atoms with Gasteiger partial charge in [0, 0.05) is 6.42 Å². The molecular weight excluding hydrogens is 805 g/mol. The fourth-order valence-corrected chi connectivity index (χ4v) is 10.2. The number of methoxy groups -OCH3 is 1. The van der Waals surface area contributed by atoms with Crippen molar-refractivity contribution in [1.82, 2.24) is 15.0 Å². The molecule has 0 unspecified atom stereocenters. The fourth-order valence-electron chi connectivity index (χ4n) is 10.2. The number of allylic oxidation sites excluding steroid dienone is 3. The monoisotopic (exact) mass is 879 g/mol. The smallest absolute Gasteiger partial charge is 0.664 e.